The second-order valence-electron chi connectivity index (χ2n) is 4.47. The molecule has 4 heteroatoms. The molecule has 0 spiro atoms. The Bertz CT molecular complexity index is 628. The summed E-state index contributed by atoms with van der Waals surface area (Å²) in [7, 11) is 0. The number of hydrogen-bond donors (Lipinski definition) is 0. The Balaban J connectivity index is 2.10. The van der Waals surface area contributed by atoms with Gasteiger partial charge in [0.2, 0.25) is 0 Å². The SMILES string of the molecule is Clc1cc2c(c(C(Br)c3ccccc3Cl)c1)OCC2. The van der Waals surface area contributed by atoms with Gasteiger partial charge in [-0.3, -0.25) is 0 Å². The molecule has 0 saturated carbocycles. The molecule has 2 aromatic carbocycles. The number of rotatable bonds is 2. The first-order chi connectivity index (χ1) is 9.16. The fourth-order valence-electron chi connectivity index (χ4n) is 2.33. The van der Waals surface area contributed by atoms with Crippen molar-refractivity contribution in [1.82, 2.24) is 0 Å². The summed E-state index contributed by atoms with van der Waals surface area (Å²) in [6.45, 7) is 0.713. The molecule has 19 heavy (non-hydrogen) atoms. The number of halogens is 3. The predicted molar refractivity (Wildman–Crippen MR) is 82.9 cm³/mol. The third-order valence-electron chi connectivity index (χ3n) is 3.23. The molecule has 0 aromatic heterocycles. The summed E-state index contributed by atoms with van der Waals surface area (Å²) in [5.74, 6) is 0.936. The van der Waals surface area contributed by atoms with Crippen molar-refractivity contribution < 1.29 is 4.74 Å². The first-order valence-corrected chi connectivity index (χ1v) is 7.67. The van der Waals surface area contributed by atoms with Crippen LogP contribution in [0.1, 0.15) is 21.5 Å². The number of benzene rings is 2. The third-order valence-corrected chi connectivity index (χ3v) is 4.78. The Morgan fingerprint density at radius 2 is 1.89 bits per heavy atom. The minimum atomic E-state index is -0.0215. The average Bonchev–Trinajstić information content (AvgIpc) is 2.85. The van der Waals surface area contributed by atoms with Gasteiger partial charge in [0.15, 0.2) is 0 Å². The summed E-state index contributed by atoms with van der Waals surface area (Å²) in [6, 6.07) is 11.7. The van der Waals surface area contributed by atoms with Crippen molar-refractivity contribution in [3.05, 3.63) is 63.1 Å². The molecule has 0 amide bonds. The Hall–Kier alpha value is -0.700. The quantitative estimate of drug-likeness (QED) is 0.652. The maximum atomic E-state index is 6.26. The fourth-order valence-corrected chi connectivity index (χ4v) is 3.70. The van der Waals surface area contributed by atoms with Crippen molar-refractivity contribution in [2.75, 3.05) is 6.61 Å². The van der Waals surface area contributed by atoms with Crippen molar-refractivity contribution in [2.45, 2.75) is 11.2 Å². The summed E-state index contributed by atoms with van der Waals surface area (Å²) in [5, 5.41) is 1.46. The minimum absolute atomic E-state index is 0.0215. The molecular formula is C15H11BrCl2O. The van der Waals surface area contributed by atoms with Crippen LogP contribution < -0.4 is 4.74 Å². The van der Waals surface area contributed by atoms with Gasteiger partial charge in [0, 0.05) is 22.0 Å². The van der Waals surface area contributed by atoms with Crippen LogP contribution in [0.25, 0.3) is 0 Å². The Labute approximate surface area is 130 Å². The molecule has 0 saturated heterocycles. The molecule has 1 unspecified atom stereocenters. The Morgan fingerprint density at radius 3 is 2.68 bits per heavy atom. The van der Waals surface area contributed by atoms with E-state index in [-0.39, 0.29) is 4.83 Å². The van der Waals surface area contributed by atoms with Crippen molar-refractivity contribution in [1.29, 1.82) is 0 Å². The molecule has 3 rings (SSSR count). The lowest BCUT2D eigenvalue weighted by atomic mass is 10.0. The highest BCUT2D eigenvalue weighted by atomic mass is 79.9. The molecule has 0 radical (unpaired) electrons. The minimum Gasteiger partial charge on any atom is -0.493 e. The van der Waals surface area contributed by atoms with Gasteiger partial charge in [-0.25, -0.2) is 0 Å². The van der Waals surface area contributed by atoms with E-state index in [1.165, 1.54) is 5.56 Å². The lowest BCUT2D eigenvalue weighted by Crippen LogP contribution is -1.98. The van der Waals surface area contributed by atoms with Gasteiger partial charge in [-0.1, -0.05) is 57.3 Å². The molecule has 1 aliphatic heterocycles. The van der Waals surface area contributed by atoms with E-state index in [0.29, 0.717) is 6.61 Å². The van der Waals surface area contributed by atoms with Crippen LogP contribution >= 0.6 is 39.1 Å². The van der Waals surface area contributed by atoms with Crippen LogP contribution in [0.2, 0.25) is 10.0 Å². The van der Waals surface area contributed by atoms with E-state index >= 15 is 0 Å². The highest BCUT2D eigenvalue weighted by Crippen LogP contribution is 2.43. The smallest absolute Gasteiger partial charge is 0.127 e. The normalized spacial score (nSPS) is 14.9. The van der Waals surface area contributed by atoms with E-state index < -0.39 is 0 Å². The van der Waals surface area contributed by atoms with Crippen LogP contribution in [0.3, 0.4) is 0 Å². The van der Waals surface area contributed by atoms with Crippen molar-refractivity contribution in [2.24, 2.45) is 0 Å². The first kappa shape index (κ1) is 13.3. The second kappa shape index (κ2) is 5.35. The van der Waals surface area contributed by atoms with E-state index in [1.807, 2.05) is 36.4 Å². The zero-order chi connectivity index (χ0) is 13.4. The van der Waals surface area contributed by atoms with Crippen LogP contribution in [-0.4, -0.2) is 6.61 Å². The predicted octanol–water partition coefficient (Wildman–Crippen LogP) is 5.41. The van der Waals surface area contributed by atoms with Crippen molar-refractivity contribution >= 4 is 39.1 Å². The number of ether oxygens (including phenoxy) is 1. The van der Waals surface area contributed by atoms with Gasteiger partial charge in [-0.05, 0) is 29.3 Å². The number of alkyl halides is 1. The van der Waals surface area contributed by atoms with Crippen LogP contribution in [0.4, 0.5) is 0 Å². The van der Waals surface area contributed by atoms with Gasteiger partial charge >= 0.3 is 0 Å². The van der Waals surface area contributed by atoms with Gasteiger partial charge in [-0.15, -0.1) is 0 Å². The Morgan fingerprint density at radius 1 is 1.11 bits per heavy atom. The van der Waals surface area contributed by atoms with E-state index in [4.69, 9.17) is 27.9 Å². The molecule has 0 aliphatic carbocycles. The summed E-state index contributed by atoms with van der Waals surface area (Å²) in [5.41, 5.74) is 3.22. The molecule has 0 N–H and O–H groups in total. The molecule has 0 fully saturated rings. The van der Waals surface area contributed by atoms with Gasteiger partial charge in [0.1, 0.15) is 5.75 Å². The van der Waals surface area contributed by atoms with E-state index in [1.54, 1.807) is 0 Å². The lowest BCUT2D eigenvalue weighted by Gasteiger charge is -2.16. The van der Waals surface area contributed by atoms with Crippen molar-refractivity contribution in [3.8, 4) is 5.75 Å². The van der Waals surface area contributed by atoms with Gasteiger partial charge in [0.05, 0.1) is 11.4 Å². The van der Waals surface area contributed by atoms with E-state index in [9.17, 15) is 0 Å². The highest BCUT2D eigenvalue weighted by Gasteiger charge is 2.24. The fraction of sp³-hybridized carbons (Fsp3) is 0.200. The molecule has 2 aromatic rings. The Kier molecular flexibility index (Phi) is 3.75. The monoisotopic (exact) mass is 356 g/mol. The van der Waals surface area contributed by atoms with Crippen molar-refractivity contribution in [3.63, 3.8) is 0 Å². The van der Waals surface area contributed by atoms with E-state index in [2.05, 4.69) is 15.9 Å². The molecule has 1 heterocycles. The zero-order valence-corrected chi connectivity index (χ0v) is 13.1. The van der Waals surface area contributed by atoms with Gasteiger partial charge in [-0.2, -0.15) is 0 Å². The maximum absolute atomic E-state index is 6.26. The largest absolute Gasteiger partial charge is 0.493 e. The van der Waals surface area contributed by atoms with Gasteiger partial charge < -0.3 is 4.74 Å². The van der Waals surface area contributed by atoms with Gasteiger partial charge in [0.25, 0.3) is 0 Å². The molecule has 1 nitrogen and oxygen atoms in total. The molecule has 98 valence electrons. The third kappa shape index (κ3) is 2.49. The van der Waals surface area contributed by atoms with Crippen LogP contribution in [-0.2, 0) is 6.42 Å². The molecule has 1 aliphatic rings. The maximum Gasteiger partial charge on any atom is 0.127 e. The summed E-state index contributed by atoms with van der Waals surface area (Å²) >= 11 is 16.2. The summed E-state index contributed by atoms with van der Waals surface area (Å²) in [4.78, 5) is -0.0215. The standard InChI is InChI=1S/C15H11BrCl2O/c16-14(11-3-1-2-4-13(11)18)12-8-10(17)7-9-5-6-19-15(9)12/h1-4,7-8,14H,5-6H2. The van der Waals surface area contributed by atoms with E-state index in [0.717, 1.165) is 33.3 Å². The summed E-state index contributed by atoms with van der Waals surface area (Å²) in [6.07, 6.45) is 0.908. The zero-order valence-electron chi connectivity index (χ0n) is 10.00. The van der Waals surface area contributed by atoms with Crippen LogP contribution in [0.5, 0.6) is 5.75 Å². The molecule has 1 atom stereocenters. The lowest BCUT2D eigenvalue weighted by molar-refractivity contribution is 0.354. The molecular weight excluding hydrogens is 347 g/mol. The summed E-state index contributed by atoms with van der Waals surface area (Å²) < 4.78 is 5.74. The molecule has 0 bridgehead atoms. The first-order valence-electron chi connectivity index (χ1n) is 6.00. The number of fused-ring (bicyclic) bond motifs is 1. The number of hydrogen-bond acceptors (Lipinski definition) is 1. The average molecular weight is 358 g/mol. The van der Waals surface area contributed by atoms with Crippen LogP contribution in [0.15, 0.2) is 36.4 Å². The second-order valence-corrected chi connectivity index (χ2v) is 6.23. The highest BCUT2D eigenvalue weighted by molar-refractivity contribution is 9.09. The van der Waals surface area contributed by atoms with Crippen LogP contribution in [0, 0.1) is 0 Å². The topological polar surface area (TPSA) is 9.23 Å².